The lowest BCUT2D eigenvalue weighted by Crippen LogP contribution is -2.55. The number of aliphatic carboxylic acids is 1. The van der Waals surface area contributed by atoms with Crippen LogP contribution < -0.4 is 10.6 Å². The van der Waals surface area contributed by atoms with Gasteiger partial charge in [0.2, 0.25) is 5.91 Å². The van der Waals surface area contributed by atoms with Crippen LogP contribution in [0.25, 0.3) is 0 Å². The van der Waals surface area contributed by atoms with Crippen LogP contribution in [0.15, 0.2) is 0 Å². The number of nitrogens with one attached hydrogen (secondary N) is 2. The van der Waals surface area contributed by atoms with Crippen molar-refractivity contribution in [3.8, 4) is 0 Å². The van der Waals surface area contributed by atoms with Crippen LogP contribution in [0.1, 0.15) is 39.0 Å². The van der Waals surface area contributed by atoms with Crippen molar-refractivity contribution in [3.05, 3.63) is 0 Å². The maximum absolute atomic E-state index is 12.1. The van der Waals surface area contributed by atoms with Crippen LogP contribution in [-0.2, 0) is 9.59 Å². The molecule has 1 heterocycles. The van der Waals surface area contributed by atoms with Gasteiger partial charge in [0.15, 0.2) is 0 Å². The zero-order chi connectivity index (χ0) is 15.6. The number of hydrogen-bond acceptors (Lipinski definition) is 4. The standard InChI is InChI=1S/C14H23N3O4/c1-8(12(18)16-14(21)15-2)17-10-6-4-3-5-9(10)7-11(17)13(19)20/h8-11H,3-7H2,1-2H3,(H,19,20)(H2,15,16,18,21). The fourth-order valence-corrected chi connectivity index (χ4v) is 3.69. The molecule has 1 saturated heterocycles. The number of nitrogens with zero attached hydrogens (tertiary/aromatic N) is 1. The van der Waals surface area contributed by atoms with Crippen molar-refractivity contribution in [1.29, 1.82) is 0 Å². The Morgan fingerprint density at radius 3 is 2.52 bits per heavy atom. The summed E-state index contributed by atoms with van der Waals surface area (Å²) in [6.45, 7) is 1.67. The van der Waals surface area contributed by atoms with Gasteiger partial charge in [0, 0.05) is 13.1 Å². The summed E-state index contributed by atoms with van der Waals surface area (Å²) in [6, 6.07) is -1.71. The molecule has 2 aliphatic rings. The number of amides is 3. The van der Waals surface area contributed by atoms with Gasteiger partial charge in [-0.15, -0.1) is 0 Å². The second-order valence-electron chi connectivity index (χ2n) is 5.89. The van der Waals surface area contributed by atoms with E-state index >= 15 is 0 Å². The van der Waals surface area contributed by atoms with E-state index in [-0.39, 0.29) is 6.04 Å². The van der Waals surface area contributed by atoms with Gasteiger partial charge in [-0.2, -0.15) is 0 Å². The van der Waals surface area contributed by atoms with Crippen LogP contribution in [-0.4, -0.2) is 53.1 Å². The fraction of sp³-hybridized carbons (Fsp3) is 0.786. The van der Waals surface area contributed by atoms with E-state index in [1.54, 1.807) is 11.8 Å². The largest absolute Gasteiger partial charge is 0.480 e. The molecule has 1 aliphatic carbocycles. The van der Waals surface area contributed by atoms with Crippen LogP contribution in [0.5, 0.6) is 0 Å². The highest BCUT2D eigenvalue weighted by molar-refractivity contribution is 5.97. The minimum atomic E-state index is -0.885. The molecule has 0 aromatic carbocycles. The first-order valence-electron chi connectivity index (χ1n) is 7.48. The normalized spacial score (nSPS) is 30.3. The minimum absolute atomic E-state index is 0.130. The van der Waals surface area contributed by atoms with Gasteiger partial charge in [-0.3, -0.25) is 19.8 Å². The summed E-state index contributed by atoms with van der Waals surface area (Å²) in [7, 11) is 1.43. The topological polar surface area (TPSA) is 98.7 Å². The molecule has 2 fully saturated rings. The molecule has 7 heteroatoms. The second-order valence-corrected chi connectivity index (χ2v) is 5.89. The summed E-state index contributed by atoms with van der Waals surface area (Å²) in [4.78, 5) is 36.7. The molecule has 0 aromatic rings. The lowest BCUT2D eigenvalue weighted by Gasteiger charge is -2.36. The van der Waals surface area contributed by atoms with Crippen molar-refractivity contribution in [2.45, 2.75) is 57.2 Å². The van der Waals surface area contributed by atoms with Gasteiger partial charge in [0.25, 0.3) is 0 Å². The number of fused-ring (bicyclic) bond motifs is 1. The summed E-state index contributed by atoms with van der Waals surface area (Å²) < 4.78 is 0. The third-order valence-electron chi connectivity index (χ3n) is 4.71. The highest BCUT2D eigenvalue weighted by Crippen LogP contribution is 2.40. The van der Waals surface area contributed by atoms with Crippen molar-refractivity contribution in [2.75, 3.05) is 7.05 Å². The minimum Gasteiger partial charge on any atom is -0.480 e. The van der Waals surface area contributed by atoms with Crippen molar-refractivity contribution in [3.63, 3.8) is 0 Å². The molecule has 0 radical (unpaired) electrons. The zero-order valence-electron chi connectivity index (χ0n) is 12.5. The monoisotopic (exact) mass is 297 g/mol. The van der Waals surface area contributed by atoms with Gasteiger partial charge < -0.3 is 10.4 Å². The van der Waals surface area contributed by atoms with Gasteiger partial charge in [-0.1, -0.05) is 12.8 Å². The Morgan fingerprint density at radius 1 is 1.24 bits per heavy atom. The molecular formula is C14H23N3O4. The van der Waals surface area contributed by atoms with Gasteiger partial charge >= 0.3 is 12.0 Å². The Kier molecular flexibility index (Phi) is 4.82. The molecule has 3 N–H and O–H groups in total. The predicted molar refractivity (Wildman–Crippen MR) is 75.7 cm³/mol. The molecule has 2 rings (SSSR count). The van der Waals surface area contributed by atoms with E-state index in [0.717, 1.165) is 25.7 Å². The molecule has 118 valence electrons. The number of carbonyl (C=O) groups excluding carboxylic acids is 2. The molecule has 0 aromatic heterocycles. The van der Waals surface area contributed by atoms with Gasteiger partial charge in [-0.05, 0) is 32.1 Å². The maximum atomic E-state index is 12.1. The number of rotatable bonds is 3. The molecule has 3 amide bonds. The Morgan fingerprint density at radius 2 is 1.90 bits per heavy atom. The number of carboxylic acids is 1. The number of likely N-dealkylation sites (tertiary alicyclic amines) is 1. The first kappa shape index (κ1) is 15.8. The average molecular weight is 297 g/mol. The van der Waals surface area contributed by atoms with E-state index in [1.165, 1.54) is 7.05 Å². The van der Waals surface area contributed by atoms with Gasteiger partial charge in [-0.25, -0.2) is 4.79 Å². The Labute approximate surface area is 124 Å². The van der Waals surface area contributed by atoms with Crippen LogP contribution in [0, 0.1) is 5.92 Å². The summed E-state index contributed by atoms with van der Waals surface area (Å²) in [5.41, 5.74) is 0. The lowest BCUT2D eigenvalue weighted by atomic mass is 9.84. The number of hydrogen-bond donors (Lipinski definition) is 3. The first-order chi connectivity index (χ1) is 9.95. The first-order valence-corrected chi connectivity index (χ1v) is 7.48. The number of carbonyl (C=O) groups is 3. The quantitative estimate of drug-likeness (QED) is 0.706. The summed E-state index contributed by atoms with van der Waals surface area (Å²) >= 11 is 0. The summed E-state index contributed by atoms with van der Waals surface area (Å²) in [6.07, 6.45) is 4.73. The van der Waals surface area contributed by atoms with E-state index in [1.807, 2.05) is 0 Å². The zero-order valence-corrected chi connectivity index (χ0v) is 12.5. The third-order valence-corrected chi connectivity index (χ3v) is 4.71. The molecular weight excluding hydrogens is 274 g/mol. The molecule has 7 nitrogen and oxygen atoms in total. The smallest absolute Gasteiger partial charge is 0.321 e. The third kappa shape index (κ3) is 3.18. The highest BCUT2D eigenvalue weighted by Gasteiger charge is 2.48. The van der Waals surface area contributed by atoms with Crippen molar-refractivity contribution in [1.82, 2.24) is 15.5 Å². The van der Waals surface area contributed by atoms with Crippen LogP contribution in [0.3, 0.4) is 0 Å². The van der Waals surface area contributed by atoms with E-state index < -0.39 is 30.0 Å². The number of urea groups is 1. The van der Waals surface area contributed by atoms with E-state index in [2.05, 4.69) is 10.6 Å². The summed E-state index contributed by atoms with van der Waals surface area (Å²) in [5, 5.41) is 14.0. The molecule has 4 unspecified atom stereocenters. The van der Waals surface area contributed by atoms with Crippen molar-refractivity contribution < 1.29 is 19.5 Å². The van der Waals surface area contributed by atoms with E-state index in [9.17, 15) is 19.5 Å². The van der Waals surface area contributed by atoms with Crippen molar-refractivity contribution >= 4 is 17.9 Å². The Bertz CT molecular complexity index is 440. The van der Waals surface area contributed by atoms with Crippen LogP contribution in [0.2, 0.25) is 0 Å². The molecule has 21 heavy (non-hydrogen) atoms. The predicted octanol–water partition coefficient (Wildman–Crippen LogP) is 0.548. The Hall–Kier alpha value is -1.63. The highest BCUT2D eigenvalue weighted by atomic mass is 16.4. The second kappa shape index (κ2) is 6.43. The lowest BCUT2D eigenvalue weighted by molar-refractivity contribution is -0.144. The molecule has 1 aliphatic heterocycles. The fourth-order valence-electron chi connectivity index (χ4n) is 3.69. The SMILES string of the molecule is CNC(=O)NC(=O)C(C)N1C(C(=O)O)CC2CCCCC21. The van der Waals surface area contributed by atoms with Crippen molar-refractivity contribution in [2.24, 2.45) is 5.92 Å². The maximum Gasteiger partial charge on any atom is 0.321 e. The molecule has 0 spiro atoms. The van der Waals surface area contributed by atoms with Crippen LogP contribution >= 0.6 is 0 Å². The Balaban J connectivity index is 2.14. The average Bonchev–Trinajstić information content (AvgIpc) is 2.85. The number of carboxylic acid groups (broad SMARTS) is 1. The molecule has 0 bridgehead atoms. The molecule has 1 saturated carbocycles. The van der Waals surface area contributed by atoms with Crippen LogP contribution in [0.4, 0.5) is 4.79 Å². The van der Waals surface area contributed by atoms with E-state index in [4.69, 9.17) is 0 Å². The van der Waals surface area contributed by atoms with Gasteiger partial charge in [0.05, 0.1) is 6.04 Å². The molecule has 4 atom stereocenters. The summed E-state index contributed by atoms with van der Waals surface area (Å²) in [5.74, 6) is -0.995. The van der Waals surface area contributed by atoms with Gasteiger partial charge in [0.1, 0.15) is 6.04 Å². The van der Waals surface area contributed by atoms with E-state index in [0.29, 0.717) is 12.3 Å². The number of imide groups is 1.